The quantitative estimate of drug-likeness (QED) is 0.651. The zero-order valence-corrected chi connectivity index (χ0v) is 17.4. The number of nitrogens with zero attached hydrogens (tertiary/aromatic N) is 2. The van der Waals surface area contributed by atoms with Crippen LogP contribution in [0.4, 0.5) is 0 Å². The maximum Gasteiger partial charge on any atom is 0.241 e. The van der Waals surface area contributed by atoms with E-state index in [2.05, 4.69) is 16.5 Å². The fraction of sp³-hybridized carbons (Fsp3) is 0.304. The molecule has 156 valence electrons. The number of aromatic nitrogens is 2. The lowest BCUT2D eigenvalue weighted by Gasteiger charge is -2.19. The van der Waals surface area contributed by atoms with E-state index in [1.807, 2.05) is 37.3 Å². The van der Waals surface area contributed by atoms with E-state index >= 15 is 0 Å². The van der Waals surface area contributed by atoms with E-state index < -0.39 is 0 Å². The van der Waals surface area contributed by atoms with Crippen molar-refractivity contribution in [3.8, 4) is 28.5 Å². The number of carbonyl (C=O) groups excluding carboxylic acids is 1. The molecule has 1 aliphatic rings. The first kappa shape index (κ1) is 19.8. The lowest BCUT2D eigenvalue weighted by atomic mass is 10.0. The molecule has 0 bridgehead atoms. The Labute approximate surface area is 175 Å². The smallest absolute Gasteiger partial charge is 0.241 e. The zero-order chi connectivity index (χ0) is 21.1. The highest BCUT2D eigenvalue weighted by Gasteiger charge is 2.23. The summed E-state index contributed by atoms with van der Waals surface area (Å²) in [6.45, 7) is 3.19. The molecule has 0 fully saturated rings. The average Bonchev–Trinajstić information content (AvgIpc) is 3.16. The van der Waals surface area contributed by atoms with Crippen LogP contribution in [0.5, 0.6) is 17.2 Å². The highest BCUT2D eigenvalue weighted by molar-refractivity contribution is 5.78. The number of ether oxygens (including phenoxy) is 3. The molecule has 1 aliphatic heterocycles. The first-order valence-corrected chi connectivity index (χ1v) is 9.85. The summed E-state index contributed by atoms with van der Waals surface area (Å²) < 4.78 is 18.1. The summed E-state index contributed by atoms with van der Waals surface area (Å²) in [5.74, 6) is 2.11. The molecular formula is C23H25N3O4. The Morgan fingerprint density at radius 2 is 2.00 bits per heavy atom. The molecule has 1 N–H and O–H groups in total. The molecule has 2 aromatic carbocycles. The molecule has 7 nitrogen and oxygen atoms in total. The summed E-state index contributed by atoms with van der Waals surface area (Å²) in [5.41, 5.74) is 5.12. The lowest BCUT2D eigenvalue weighted by Crippen LogP contribution is -2.30. The second-order valence-corrected chi connectivity index (χ2v) is 7.25. The SMILES string of the molecule is COc1ccc(CCNC(=O)Cn2ncc3c2-c2cc(C)ccc2OC3)cc1OC. The second kappa shape index (κ2) is 8.49. The number of rotatable bonds is 7. The van der Waals surface area contributed by atoms with Gasteiger partial charge in [0.05, 0.1) is 26.1 Å². The molecule has 0 aliphatic carbocycles. The van der Waals surface area contributed by atoms with Crippen LogP contribution in [0.1, 0.15) is 16.7 Å². The largest absolute Gasteiger partial charge is 0.493 e. The number of hydrogen-bond acceptors (Lipinski definition) is 5. The Balaban J connectivity index is 1.40. The van der Waals surface area contributed by atoms with Gasteiger partial charge < -0.3 is 19.5 Å². The summed E-state index contributed by atoms with van der Waals surface area (Å²) in [6.07, 6.45) is 2.47. The predicted molar refractivity (Wildman–Crippen MR) is 113 cm³/mol. The molecule has 0 spiro atoms. The number of aryl methyl sites for hydroxylation is 1. The van der Waals surface area contributed by atoms with Crippen molar-refractivity contribution < 1.29 is 19.0 Å². The number of nitrogens with one attached hydrogen (secondary N) is 1. The summed E-state index contributed by atoms with van der Waals surface area (Å²) in [6, 6.07) is 11.8. The van der Waals surface area contributed by atoms with Gasteiger partial charge in [0.2, 0.25) is 5.91 Å². The summed E-state index contributed by atoms with van der Waals surface area (Å²) in [5, 5.41) is 7.39. The van der Waals surface area contributed by atoms with Gasteiger partial charge in [-0.15, -0.1) is 0 Å². The third-order valence-corrected chi connectivity index (χ3v) is 5.17. The monoisotopic (exact) mass is 407 g/mol. The van der Waals surface area contributed by atoms with Crippen LogP contribution in [0, 0.1) is 6.92 Å². The van der Waals surface area contributed by atoms with Crippen molar-refractivity contribution in [2.75, 3.05) is 20.8 Å². The first-order chi connectivity index (χ1) is 14.6. The van der Waals surface area contributed by atoms with Crippen molar-refractivity contribution in [3.63, 3.8) is 0 Å². The standard InChI is InChI=1S/C23H25N3O4/c1-15-4-6-19-18(10-15)23-17(14-30-19)12-25-26(23)13-22(27)24-9-8-16-5-7-20(28-2)21(11-16)29-3/h4-7,10-12H,8-9,13-14H2,1-3H3,(H,24,27). The number of methoxy groups -OCH3 is 2. The van der Waals surface area contributed by atoms with E-state index in [9.17, 15) is 4.79 Å². The topological polar surface area (TPSA) is 74.6 Å². The first-order valence-electron chi connectivity index (χ1n) is 9.85. The van der Waals surface area contributed by atoms with E-state index in [1.54, 1.807) is 25.1 Å². The van der Waals surface area contributed by atoms with Gasteiger partial charge in [0.1, 0.15) is 18.9 Å². The minimum atomic E-state index is -0.0814. The van der Waals surface area contributed by atoms with Gasteiger partial charge in [0.25, 0.3) is 0 Å². The van der Waals surface area contributed by atoms with Gasteiger partial charge in [-0.2, -0.15) is 5.10 Å². The molecule has 0 radical (unpaired) electrons. The van der Waals surface area contributed by atoms with Crippen LogP contribution in [-0.2, 0) is 24.4 Å². The third kappa shape index (κ3) is 3.96. The Morgan fingerprint density at radius 1 is 1.17 bits per heavy atom. The second-order valence-electron chi connectivity index (χ2n) is 7.25. The lowest BCUT2D eigenvalue weighted by molar-refractivity contribution is -0.121. The molecule has 1 amide bonds. The van der Waals surface area contributed by atoms with E-state index in [-0.39, 0.29) is 12.5 Å². The molecule has 30 heavy (non-hydrogen) atoms. The highest BCUT2D eigenvalue weighted by atomic mass is 16.5. The molecule has 1 aromatic heterocycles. The third-order valence-electron chi connectivity index (χ3n) is 5.17. The number of amides is 1. The average molecular weight is 407 g/mol. The molecule has 0 atom stereocenters. The van der Waals surface area contributed by atoms with Crippen LogP contribution in [0.3, 0.4) is 0 Å². The van der Waals surface area contributed by atoms with E-state index in [4.69, 9.17) is 14.2 Å². The molecular weight excluding hydrogens is 382 g/mol. The molecule has 2 heterocycles. The number of hydrogen-bond donors (Lipinski definition) is 1. The maximum absolute atomic E-state index is 12.5. The van der Waals surface area contributed by atoms with E-state index in [0.29, 0.717) is 31.1 Å². The molecule has 3 aromatic rings. The maximum atomic E-state index is 12.5. The number of fused-ring (bicyclic) bond motifs is 3. The summed E-state index contributed by atoms with van der Waals surface area (Å²) >= 11 is 0. The summed E-state index contributed by atoms with van der Waals surface area (Å²) in [4.78, 5) is 12.5. The van der Waals surface area contributed by atoms with Gasteiger partial charge in [-0.3, -0.25) is 9.48 Å². The van der Waals surface area contributed by atoms with E-state index in [0.717, 1.165) is 33.7 Å². The summed E-state index contributed by atoms with van der Waals surface area (Å²) in [7, 11) is 3.22. The van der Waals surface area contributed by atoms with Crippen LogP contribution in [0.2, 0.25) is 0 Å². The Morgan fingerprint density at radius 3 is 2.80 bits per heavy atom. The normalized spacial score (nSPS) is 11.8. The Kier molecular flexibility index (Phi) is 5.61. The molecule has 7 heteroatoms. The van der Waals surface area contributed by atoms with Crippen LogP contribution >= 0.6 is 0 Å². The van der Waals surface area contributed by atoms with Crippen LogP contribution in [0.25, 0.3) is 11.3 Å². The van der Waals surface area contributed by atoms with Crippen molar-refractivity contribution in [1.29, 1.82) is 0 Å². The van der Waals surface area contributed by atoms with Crippen LogP contribution in [0.15, 0.2) is 42.6 Å². The molecule has 0 saturated heterocycles. The van der Waals surface area contributed by atoms with Gasteiger partial charge in [-0.25, -0.2) is 0 Å². The van der Waals surface area contributed by atoms with Gasteiger partial charge in [-0.1, -0.05) is 17.7 Å². The number of benzene rings is 2. The van der Waals surface area contributed by atoms with Gasteiger partial charge >= 0.3 is 0 Å². The molecule has 0 saturated carbocycles. The molecule has 4 rings (SSSR count). The van der Waals surface area contributed by atoms with Crippen LogP contribution in [-0.4, -0.2) is 36.5 Å². The van der Waals surface area contributed by atoms with Crippen molar-refractivity contribution in [2.24, 2.45) is 0 Å². The number of carbonyl (C=O) groups is 1. The predicted octanol–water partition coefficient (Wildman–Crippen LogP) is 3.13. The fourth-order valence-electron chi connectivity index (χ4n) is 3.65. The van der Waals surface area contributed by atoms with Crippen molar-refractivity contribution in [1.82, 2.24) is 15.1 Å². The Hall–Kier alpha value is -3.48. The minimum absolute atomic E-state index is 0.0814. The van der Waals surface area contributed by atoms with E-state index in [1.165, 1.54) is 0 Å². The van der Waals surface area contributed by atoms with Gasteiger partial charge in [0, 0.05) is 17.7 Å². The van der Waals surface area contributed by atoms with Gasteiger partial charge in [0.15, 0.2) is 11.5 Å². The van der Waals surface area contributed by atoms with Crippen molar-refractivity contribution in [3.05, 3.63) is 59.3 Å². The fourth-order valence-corrected chi connectivity index (χ4v) is 3.65. The highest BCUT2D eigenvalue weighted by Crippen LogP contribution is 2.37. The van der Waals surface area contributed by atoms with Gasteiger partial charge in [-0.05, 0) is 43.2 Å². The minimum Gasteiger partial charge on any atom is -0.493 e. The zero-order valence-electron chi connectivity index (χ0n) is 17.4. The molecule has 0 unspecified atom stereocenters. The van der Waals surface area contributed by atoms with Crippen molar-refractivity contribution >= 4 is 5.91 Å². The Bertz CT molecular complexity index is 1070. The van der Waals surface area contributed by atoms with Crippen LogP contribution < -0.4 is 19.5 Å². The van der Waals surface area contributed by atoms with Crippen molar-refractivity contribution in [2.45, 2.75) is 26.5 Å².